The molecule has 1 aromatic heterocycles. The molecular weight excluding hydrogens is 344 g/mol. The van der Waals surface area contributed by atoms with E-state index in [-0.39, 0.29) is 23.1 Å². The number of nitrogens with zero attached hydrogens (tertiary/aromatic N) is 3. The molecule has 0 unspecified atom stereocenters. The monoisotopic (exact) mass is 363 g/mol. The van der Waals surface area contributed by atoms with Gasteiger partial charge in [-0.2, -0.15) is 0 Å². The first-order valence-corrected chi connectivity index (χ1v) is 8.24. The molecule has 2 heterocycles. The molecule has 2 N–H and O–H groups in total. The molecular formula is C17H19F2N5O2. The Morgan fingerprint density at radius 3 is 2.77 bits per heavy atom. The molecule has 0 radical (unpaired) electrons. The van der Waals surface area contributed by atoms with E-state index < -0.39 is 11.6 Å². The number of aromatic nitrogens is 2. The SMILES string of the molecule is O=C(NCCN1CCOCC1)c1cc(Nc2ccc(F)cc2F)ncn1. The maximum atomic E-state index is 13.7. The van der Waals surface area contributed by atoms with E-state index >= 15 is 0 Å². The third-order valence-electron chi connectivity index (χ3n) is 3.91. The smallest absolute Gasteiger partial charge is 0.270 e. The highest BCUT2D eigenvalue weighted by molar-refractivity contribution is 5.92. The number of anilines is 2. The minimum Gasteiger partial charge on any atom is -0.379 e. The molecule has 1 saturated heterocycles. The Labute approximate surface area is 149 Å². The summed E-state index contributed by atoms with van der Waals surface area (Å²) in [5.74, 6) is -1.52. The third-order valence-corrected chi connectivity index (χ3v) is 3.91. The van der Waals surface area contributed by atoms with Gasteiger partial charge in [0.05, 0.1) is 18.9 Å². The van der Waals surface area contributed by atoms with Crippen LogP contribution in [0, 0.1) is 11.6 Å². The van der Waals surface area contributed by atoms with Crippen molar-refractivity contribution in [1.29, 1.82) is 0 Å². The zero-order chi connectivity index (χ0) is 18.4. The summed E-state index contributed by atoms with van der Waals surface area (Å²) in [7, 11) is 0. The van der Waals surface area contributed by atoms with Crippen LogP contribution in [-0.4, -0.2) is 60.2 Å². The lowest BCUT2D eigenvalue weighted by molar-refractivity contribution is 0.0383. The molecule has 7 nitrogen and oxygen atoms in total. The number of benzene rings is 1. The summed E-state index contributed by atoms with van der Waals surface area (Å²) in [6.45, 7) is 4.31. The van der Waals surface area contributed by atoms with Crippen LogP contribution in [-0.2, 0) is 4.74 Å². The highest BCUT2D eigenvalue weighted by Gasteiger charge is 2.13. The van der Waals surface area contributed by atoms with Gasteiger partial charge in [0.2, 0.25) is 0 Å². The molecule has 1 aromatic carbocycles. The van der Waals surface area contributed by atoms with Gasteiger partial charge in [-0.15, -0.1) is 0 Å². The molecule has 1 fully saturated rings. The summed E-state index contributed by atoms with van der Waals surface area (Å²) in [5, 5.41) is 5.50. The number of morpholine rings is 1. The number of carbonyl (C=O) groups is 1. The number of ether oxygens (including phenoxy) is 1. The number of hydrogen-bond donors (Lipinski definition) is 2. The maximum absolute atomic E-state index is 13.7. The minimum atomic E-state index is -0.750. The van der Waals surface area contributed by atoms with Gasteiger partial charge in [0.25, 0.3) is 5.91 Å². The van der Waals surface area contributed by atoms with Crippen LogP contribution in [0.3, 0.4) is 0 Å². The molecule has 0 saturated carbocycles. The lowest BCUT2D eigenvalue weighted by Gasteiger charge is -2.26. The van der Waals surface area contributed by atoms with Gasteiger partial charge in [0.15, 0.2) is 0 Å². The molecule has 138 valence electrons. The van der Waals surface area contributed by atoms with Crippen LogP contribution in [0.25, 0.3) is 0 Å². The zero-order valence-electron chi connectivity index (χ0n) is 14.0. The molecule has 1 aliphatic heterocycles. The van der Waals surface area contributed by atoms with Gasteiger partial charge in [-0.25, -0.2) is 18.7 Å². The van der Waals surface area contributed by atoms with Gasteiger partial charge < -0.3 is 15.4 Å². The molecule has 1 amide bonds. The first-order valence-electron chi connectivity index (χ1n) is 8.24. The molecule has 0 aliphatic carbocycles. The van der Waals surface area contributed by atoms with Crippen LogP contribution in [0.1, 0.15) is 10.5 Å². The lowest BCUT2D eigenvalue weighted by Crippen LogP contribution is -2.41. The normalized spacial score (nSPS) is 14.8. The molecule has 1 aliphatic rings. The van der Waals surface area contributed by atoms with Crippen molar-refractivity contribution in [1.82, 2.24) is 20.2 Å². The minimum absolute atomic E-state index is 0.0591. The number of hydrogen-bond acceptors (Lipinski definition) is 6. The van der Waals surface area contributed by atoms with Gasteiger partial charge in [-0.1, -0.05) is 0 Å². The number of amides is 1. The maximum Gasteiger partial charge on any atom is 0.270 e. The Hall–Kier alpha value is -2.65. The summed E-state index contributed by atoms with van der Waals surface area (Å²) >= 11 is 0. The number of rotatable bonds is 6. The van der Waals surface area contributed by atoms with E-state index in [1.165, 1.54) is 18.5 Å². The van der Waals surface area contributed by atoms with Gasteiger partial charge in [0, 0.05) is 38.3 Å². The number of halogens is 2. The lowest BCUT2D eigenvalue weighted by atomic mass is 10.3. The quantitative estimate of drug-likeness (QED) is 0.811. The van der Waals surface area contributed by atoms with Gasteiger partial charge in [-0.3, -0.25) is 9.69 Å². The van der Waals surface area contributed by atoms with Crippen LogP contribution < -0.4 is 10.6 Å². The fourth-order valence-electron chi connectivity index (χ4n) is 2.52. The third kappa shape index (κ3) is 4.93. The topological polar surface area (TPSA) is 79.4 Å². The van der Waals surface area contributed by atoms with Crippen LogP contribution in [0.15, 0.2) is 30.6 Å². The fourth-order valence-corrected chi connectivity index (χ4v) is 2.52. The van der Waals surface area contributed by atoms with E-state index in [2.05, 4.69) is 25.5 Å². The van der Waals surface area contributed by atoms with E-state index in [1.807, 2.05) is 0 Å². The van der Waals surface area contributed by atoms with Gasteiger partial charge in [-0.05, 0) is 12.1 Å². The Morgan fingerprint density at radius 1 is 1.19 bits per heavy atom. The summed E-state index contributed by atoms with van der Waals surface area (Å²) in [5.41, 5.74) is 0.218. The van der Waals surface area contributed by atoms with Gasteiger partial charge in [0.1, 0.15) is 29.5 Å². The van der Waals surface area contributed by atoms with Crippen molar-refractivity contribution in [2.45, 2.75) is 0 Å². The second kappa shape index (κ2) is 8.63. The molecule has 0 spiro atoms. The highest BCUT2D eigenvalue weighted by Crippen LogP contribution is 2.19. The summed E-state index contributed by atoms with van der Waals surface area (Å²) in [6, 6.07) is 4.57. The zero-order valence-corrected chi connectivity index (χ0v) is 14.0. The Bertz CT molecular complexity index is 769. The van der Waals surface area contributed by atoms with Crippen LogP contribution in [0.2, 0.25) is 0 Å². The van der Waals surface area contributed by atoms with E-state index in [0.717, 1.165) is 31.8 Å². The van der Waals surface area contributed by atoms with Crippen molar-refractivity contribution in [3.8, 4) is 0 Å². The number of carbonyl (C=O) groups excluding carboxylic acids is 1. The predicted molar refractivity (Wildman–Crippen MR) is 91.3 cm³/mol. The standard InChI is InChI=1S/C17H19F2N5O2/c18-12-1-2-14(13(19)9-12)23-16-10-15(21-11-22-16)17(25)20-3-4-24-5-7-26-8-6-24/h1-2,9-11H,3-8H2,(H,20,25)(H,21,22,23). The van der Waals surface area contributed by atoms with Crippen molar-refractivity contribution in [2.24, 2.45) is 0 Å². The predicted octanol–water partition coefficient (Wildman–Crippen LogP) is 1.56. The van der Waals surface area contributed by atoms with E-state index in [1.54, 1.807) is 0 Å². The van der Waals surface area contributed by atoms with E-state index in [0.29, 0.717) is 19.8 Å². The molecule has 0 atom stereocenters. The van der Waals surface area contributed by atoms with Gasteiger partial charge >= 0.3 is 0 Å². The Morgan fingerprint density at radius 2 is 2.00 bits per heavy atom. The van der Waals surface area contributed by atoms with Crippen LogP contribution >= 0.6 is 0 Å². The van der Waals surface area contributed by atoms with Crippen molar-refractivity contribution in [3.05, 3.63) is 47.9 Å². The molecule has 26 heavy (non-hydrogen) atoms. The molecule has 0 bridgehead atoms. The van der Waals surface area contributed by atoms with Crippen molar-refractivity contribution >= 4 is 17.4 Å². The summed E-state index contributed by atoms with van der Waals surface area (Å²) in [6.07, 6.45) is 1.21. The van der Waals surface area contributed by atoms with E-state index in [4.69, 9.17) is 4.74 Å². The van der Waals surface area contributed by atoms with Crippen molar-refractivity contribution in [2.75, 3.05) is 44.7 Å². The first kappa shape index (κ1) is 18.2. The Kier molecular flexibility index (Phi) is 6.03. The largest absolute Gasteiger partial charge is 0.379 e. The summed E-state index contributed by atoms with van der Waals surface area (Å²) in [4.78, 5) is 22.3. The summed E-state index contributed by atoms with van der Waals surface area (Å²) < 4.78 is 31.9. The second-order valence-corrected chi connectivity index (χ2v) is 5.75. The second-order valence-electron chi connectivity index (χ2n) is 5.75. The fraction of sp³-hybridized carbons (Fsp3) is 0.353. The first-order chi connectivity index (χ1) is 12.6. The molecule has 9 heteroatoms. The average Bonchev–Trinajstić information content (AvgIpc) is 2.65. The molecule has 3 rings (SSSR count). The van der Waals surface area contributed by atoms with E-state index in [9.17, 15) is 13.6 Å². The Balaban J connectivity index is 1.56. The van der Waals surface area contributed by atoms with Crippen molar-refractivity contribution < 1.29 is 18.3 Å². The number of nitrogens with one attached hydrogen (secondary N) is 2. The van der Waals surface area contributed by atoms with Crippen LogP contribution in [0.4, 0.5) is 20.3 Å². The highest BCUT2D eigenvalue weighted by atomic mass is 19.1. The van der Waals surface area contributed by atoms with Crippen molar-refractivity contribution in [3.63, 3.8) is 0 Å². The molecule has 2 aromatic rings. The van der Waals surface area contributed by atoms with Crippen LogP contribution in [0.5, 0.6) is 0 Å². The average molecular weight is 363 g/mol.